The molecule has 0 amide bonds. The van der Waals surface area contributed by atoms with Crippen molar-refractivity contribution < 1.29 is 23.8 Å². The highest BCUT2D eigenvalue weighted by Crippen LogP contribution is 2.15. The Balaban J connectivity index is 4.26. The van der Waals surface area contributed by atoms with Gasteiger partial charge in [-0.15, -0.1) is 0 Å². The number of allylic oxidation sites excluding steroid dienone is 8. The van der Waals surface area contributed by atoms with E-state index in [0.29, 0.717) is 19.4 Å². The highest BCUT2D eigenvalue weighted by Gasteiger charge is 2.16. The highest BCUT2D eigenvalue weighted by molar-refractivity contribution is 5.69. The van der Waals surface area contributed by atoms with Gasteiger partial charge in [-0.3, -0.25) is 9.59 Å². The van der Waals surface area contributed by atoms with Crippen molar-refractivity contribution in [3.63, 3.8) is 0 Å². The van der Waals surface area contributed by atoms with E-state index in [1.54, 1.807) is 0 Å². The summed E-state index contributed by atoms with van der Waals surface area (Å²) in [5, 5.41) is 0. The lowest BCUT2D eigenvalue weighted by molar-refractivity contribution is -0.155. The van der Waals surface area contributed by atoms with Crippen LogP contribution >= 0.6 is 0 Å². The van der Waals surface area contributed by atoms with Gasteiger partial charge in [-0.25, -0.2) is 0 Å². The zero-order valence-electron chi connectivity index (χ0n) is 40.2. The first-order chi connectivity index (χ1) is 29.6. The van der Waals surface area contributed by atoms with Crippen LogP contribution in [0.5, 0.6) is 0 Å². The Morgan fingerprint density at radius 3 is 1.07 bits per heavy atom. The summed E-state index contributed by atoms with van der Waals surface area (Å²) in [6.07, 6.45) is 62.8. The van der Waals surface area contributed by atoms with Crippen LogP contribution in [-0.4, -0.2) is 37.9 Å². The molecule has 1 atom stereocenters. The molecule has 0 saturated carbocycles. The van der Waals surface area contributed by atoms with Crippen LogP contribution in [0, 0.1) is 0 Å². The standard InChI is InChI=1S/C55H100O5/c1-4-7-10-13-16-19-22-24-26-28-29-31-34-37-40-43-46-49-55(57)60-52-53(51-59-54(56)48-45-42-39-36-33-21-18-15-12-9-6-3)58-50-47-44-41-38-35-32-30-27-25-23-20-17-14-11-8-5-2/h7,10,16,19,24,26,29,31,53H,4-6,8-9,11-15,17-18,20-23,25,27-28,30,32-52H2,1-3H3/b10-7-,19-16-,26-24-,31-29-/t53-/m0/s1. The molecule has 0 N–H and O–H groups in total. The number of hydrogen-bond donors (Lipinski definition) is 0. The van der Waals surface area contributed by atoms with Gasteiger partial charge < -0.3 is 14.2 Å². The van der Waals surface area contributed by atoms with Crippen LogP contribution in [0.15, 0.2) is 48.6 Å². The number of carbonyl (C=O) groups is 2. The summed E-state index contributed by atoms with van der Waals surface area (Å²) in [5.41, 5.74) is 0. The van der Waals surface area contributed by atoms with Gasteiger partial charge in [-0.1, -0.05) is 243 Å². The first kappa shape index (κ1) is 57.9. The van der Waals surface area contributed by atoms with Gasteiger partial charge in [0, 0.05) is 19.4 Å². The van der Waals surface area contributed by atoms with Gasteiger partial charge in [0.25, 0.3) is 0 Å². The second kappa shape index (κ2) is 51.2. The lowest BCUT2D eigenvalue weighted by atomic mass is 10.0. The Labute approximate surface area is 373 Å². The van der Waals surface area contributed by atoms with Crippen molar-refractivity contribution in [1.29, 1.82) is 0 Å². The van der Waals surface area contributed by atoms with Gasteiger partial charge in [0.2, 0.25) is 0 Å². The molecular formula is C55H100O5. The van der Waals surface area contributed by atoms with Crippen LogP contribution in [0.3, 0.4) is 0 Å². The molecule has 0 fully saturated rings. The number of hydrogen-bond acceptors (Lipinski definition) is 5. The van der Waals surface area contributed by atoms with E-state index in [4.69, 9.17) is 14.2 Å². The third-order valence-electron chi connectivity index (χ3n) is 11.4. The maximum Gasteiger partial charge on any atom is 0.305 e. The van der Waals surface area contributed by atoms with E-state index < -0.39 is 6.10 Å². The Morgan fingerprint density at radius 2 is 0.683 bits per heavy atom. The van der Waals surface area contributed by atoms with Gasteiger partial charge >= 0.3 is 11.9 Å². The second-order valence-corrected chi connectivity index (χ2v) is 17.4. The van der Waals surface area contributed by atoms with Gasteiger partial charge in [0.15, 0.2) is 0 Å². The molecule has 0 radical (unpaired) electrons. The predicted octanol–water partition coefficient (Wildman–Crippen LogP) is 17.6. The topological polar surface area (TPSA) is 61.8 Å². The average molecular weight is 841 g/mol. The number of ether oxygens (including phenoxy) is 3. The number of carbonyl (C=O) groups excluding carboxylic acids is 2. The van der Waals surface area contributed by atoms with Crippen molar-refractivity contribution in [3.8, 4) is 0 Å². The molecule has 0 aromatic carbocycles. The molecule has 350 valence electrons. The molecule has 0 heterocycles. The fourth-order valence-electron chi connectivity index (χ4n) is 7.48. The Kier molecular flexibility index (Phi) is 49.4. The minimum Gasteiger partial charge on any atom is -0.463 e. The molecular weight excluding hydrogens is 741 g/mol. The van der Waals surface area contributed by atoms with E-state index in [2.05, 4.69) is 69.4 Å². The molecule has 0 rings (SSSR count). The molecule has 0 saturated heterocycles. The van der Waals surface area contributed by atoms with E-state index >= 15 is 0 Å². The van der Waals surface area contributed by atoms with Crippen molar-refractivity contribution >= 4 is 11.9 Å². The maximum absolute atomic E-state index is 12.6. The molecule has 0 aliphatic rings. The summed E-state index contributed by atoms with van der Waals surface area (Å²) in [6.45, 7) is 7.62. The fourth-order valence-corrected chi connectivity index (χ4v) is 7.48. The summed E-state index contributed by atoms with van der Waals surface area (Å²) >= 11 is 0. The van der Waals surface area contributed by atoms with Gasteiger partial charge in [0.05, 0.1) is 0 Å². The maximum atomic E-state index is 12.6. The van der Waals surface area contributed by atoms with Gasteiger partial charge in [0.1, 0.15) is 19.3 Å². The number of esters is 2. The first-order valence-electron chi connectivity index (χ1n) is 26.2. The zero-order valence-corrected chi connectivity index (χ0v) is 40.2. The lowest BCUT2D eigenvalue weighted by Gasteiger charge is -2.18. The summed E-state index contributed by atoms with van der Waals surface area (Å²) in [4.78, 5) is 25.2. The summed E-state index contributed by atoms with van der Waals surface area (Å²) in [5.74, 6) is -0.351. The van der Waals surface area contributed by atoms with Crippen molar-refractivity contribution in [2.24, 2.45) is 0 Å². The normalized spacial score (nSPS) is 12.5. The molecule has 5 heteroatoms. The van der Waals surface area contributed by atoms with Crippen molar-refractivity contribution in [1.82, 2.24) is 0 Å². The molecule has 0 aliphatic heterocycles. The van der Waals surface area contributed by atoms with Gasteiger partial charge in [-0.05, 0) is 57.8 Å². The highest BCUT2D eigenvalue weighted by atomic mass is 16.6. The quantitative estimate of drug-likeness (QED) is 0.0347. The molecule has 5 nitrogen and oxygen atoms in total. The van der Waals surface area contributed by atoms with Crippen LogP contribution in [-0.2, 0) is 23.8 Å². The zero-order chi connectivity index (χ0) is 43.5. The third kappa shape index (κ3) is 48.5. The van der Waals surface area contributed by atoms with Crippen LogP contribution in [0.2, 0.25) is 0 Å². The summed E-state index contributed by atoms with van der Waals surface area (Å²) in [7, 11) is 0. The number of rotatable bonds is 48. The van der Waals surface area contributed by atoms with Crippen LogP contribution < -0.4 is 0 Å². The Morgan fingerprint density at radius 1 is 0.367 bits per heavy atom. The van der Waals surface area contributed by atoms with E-state index in [9.17, 15) is 9.59 Å². The van der Waals surface area contributed by atoms with E-state index in [0.717, 1.165) is 83.5 Å². The molecule has 0 aromatic rings. The first-order valence-corrected chi connectivity index (χ1v) is 26.2. The van der Waals surface area contributed by atoms with Crippen LogP contribution in [0.25, 0.3) is 0 Å². The fraction of sp³-hybridized carbons (Fsp3) is 0.818. The molecule has 0 aliphatic carbocycles. The van der Waals surface area contributed by atoms with E-state index in [-0.39, 0.29) is 25.2 Å². The van der Waals surface area contributed by atoms with Crippen molar-refractivity contribution in [2.45, 2.75) is 271 Å². The second-order valence-electron chi connectivity index (χ2n) is 17.4. The molecule has 60 heavy (non-hydrogen) atoms. The summed E-state index contributed by atoms with van der Waals surface area (Å²) < 4.78 is 17.4. The molecule has 0 unspecified atom stereocenters. The predicted molar refractivity (Wildman–Crippen MR) is 261 cm³/mol. The smallest absolute Gasteiger partial charge is 0.305 e. The lowest BCUT2D eigenvalue weighted by Crippen LogP contribution is -2.29. The largest absolute Gasteiger partial charge is 0.463 e. The van der Waals surface area contributed by atoms with Gasteiger partial charge in [-0.2, -0.15) is 0 Å². The van der Waals surface area contributed by atoms with Crippen molar-refractivity contribution in [2.75, 3.05) is 19.8 Å². The molecule has 0 spiro atoms. The Hall–Kier alpha value is -2.14. The minimum atomic E-state index is -0.405. The van der Waals surface area contributed by atoms with Crippen molar-refractivity contribution in [3.05, 3.63) is 48.6 Å². The monoisotopic (exact) mass is 841 g/mol. The number of unbranched alkanes of at least 4 members (excludes halogenated alkanes) is 29. The summed E-state index contributed by atoms with van der Waals surface area (Å²) in [6, 6.07) is 0. The SMILES string of the molecule is CC/C=C\C/C=C\C/C=C\C/C=C\CCCCCCC(=O)OC[C@H](COC(=O)CCCCCCCCCCCCC)OCCCCCCCCCCCCCCCCCC. The van der Waals surface area contributed by atoms with Crippen LogP contribution in [0.1, 0.15) is 265 Å². The van der Waals surface area contributed by atoms with E-state index in [1.165, 1.54) is 148 Å². The third-order valence-corrected chi connectivity index (χ3v) is 11.4. The molecule has 0 aromatic heterocycles. The minimum absolute atomic E-state index is 0.148. The Bertz CT molecular complexity index is 997. The molecule has 0 bridgehead atoms. The van der Waals surface area contributed by atoms with E-state index in [1.807, 2.05) is 0 Å². The van der Waals surface area contributed by atoms with Crippen LogP contribution in [0.4, 0.5) is 0 Å². The average Bonchev–Trinajstić information content (AvgIpc) is 3.25.